The molecule has 0 amide bonds. The lowest BCUT2D eigenvalue weighted by Crippen LogP contribution is -2.44. The van der Waals surface area contributed by atoms with Gasteiger partial charge in [-0.2, -0.15) is 4.98 Å². The Balaban J connectivity index is 1.27. The second-order valence-electron chi connectivity index (χ2n) is 8.26. The number of piperazine rings is 1. The number of hydrogen-bond donors (Lipinski definition) is 2. The molecule has 5 rings (SSSR count). The molecular formula is C21H28N6O. The van der Waals surface area contributed by atoms with Gasteiger partial charge < -0.3 is 20.9 Å². The van der Waals surface area contributed by atoms with Gasteiger partial charge in [0.1, 0.15) is 5.82 Å². The van der Waals surface area contributed by atoms with Gasteiger partial charge in [-0.15, -0.1) is 0 Å². The Morgan fingerprint density at radius 3 is 2.68 bits per heavy atom. The number of likely N-dealkylation sites (tertiary alicyclic amines) is 1. The van der Waals surface area contributed by atoms with Gasteiger partial charge in [0.15, 0.2) is 0 Å². The van der Waals surface area contributed by atoms with Crippen molar-refractivity contribution in [3.8, 4) is 5.69 Å². The zero-order chi connectivity index (χ0) is 19.1. The van der Waals surface area contributed by atoms with Gasteiger partial charge in [0.2, 0.25) is 0 Å². The van der Waals surface area contributed by atoms with Gasteiger partial charge in [0, 0.05) is 58.1 Å². The van der Waals surface area contributed by atoms with E-state index in [1.54, 1.807) is 4.57 Å². The highest BCUT2D eigenvalue weighted by molar-refractivity contribution is 5.41. The van der Waals surface area contributed by atoms with E-state index in [4.69, 9.17) is 5.73 Å². The third-order valence-corrected chi connectivity index (χ3v) is 6.47. The van der Waals surface area contributed by atoms with E-state index in [9.17, 15) is 4.79 Å². The maximum atomic E-state index is 12.6. The van der Waals surface area contributed by atoms with Crippen LogP contribution < -0.4 is 21.6 Å². The van der Waals surface area contributed by atoms with Gasteiger partial charge in [-0.25, -0.2) is 4.79 Å². The van der Waals surface area contributed by atoms with Gasteiger partial charge in [-0.1, -0.05) is 12.1 Å². The lowest BCUT2D eigenvalue weighted by molar-refractivity contribution is 0.302. The van der Waals surface area contributed by atoms with E-state index >= 15 is 0 Å². The van der Waals surface area contributed by atoms with Crippen LogP contribution in [0.15, 0.2) is 41.3 Å². The van der Waals surface area contributed by atoms with Crippen LogP contribution in [0.2, 0.25) is 0 Å². The van der Waals surface area contributed by atoms with Crippen molar-refractivity contribution >= 4 is 5.82 Å². The Morgan fingerprint density at radius 2 is 1.93 bits per heavy atom. The SMILES string of the molecule is NC1C2CN(CCc3cccc(-n4ccc(N5CCNCC5)nc4=O)c3)CC12. The summed E-state index contributed by atoms with van der Waals surface area (Å²) >= 11 is 0. The molecule has 0 spiro atoms. The van der Waals surface area contributed by atoms with E-state index in [1.807, 2.05) is 24.4 Å². The normalized spacial score (nSPS) is 27.0. The smallest absolute Gasteiger partial charge is 0.354 e. The first kappa shape index (κ1) is 17.8. The standard InChI is InChI=1S/C21H28N6O/c22-20-17-13-25(14-18(17)20)8-4-15-2-1-3-16(12-15)27-9-5-19(24-21(27)28)26-10-6-23-7-11-26/h1-3,5,9,12,17-18,20,23H,4,6-8,10-11,13-14,22H2. The Kier molecular flexibility index (Phi) is 4.66. The fourth-order valence-electron chi connectivity index (χ4n) is 4.65. The van der Waals surface area contributed by atoms with E-state index in [1.165, 1.54) is 5.56 Å². The minimum Gasteiger partial charge on any atom is -0.354 e. The van der Waals surface area contributed by atoms with Gasteiger partial charge in [-0.05, 0) is 42.0 Å². The molecule has 7 heteroatoms. The number of nitrogens with one attached hydrogen (secondary N) is 1. The van der Waals surface area contributed by atoms with Crippen LogP contribution in [0.1, 0.15) is 5.56 Å². The summed E-state index contributed by atoms with van der Waals surface area (Å²) in [6.45, 7) is 6.96. The molecule has 2 aliphatic heterocycles. The first-order chi connectivity index (χ1) is 13.7. The van der Waals surface area contributed by atoms with Gasteiger partial charge >= 0.3 is 5.69 Å². The average Bonchev–Trinajstić information content (AvgIpc) is 3.13. The van der Waals surface area contributed by atoms with Crippen LogP contribution in [0.5, 0.6) is 0 Å². The van der Waals surface area contributed by atoms with Crippen molar-refractivity contribution in [1.29, 1.82) is 0 Å². The van der Waals surface area contributed by atoms with Crippen LogP contribution in [-0.4, -0.2) is 66.3 Å². The first-order valence-electron chi connectivity index (χ1n) is 10.3. The van der Waals surface area contributed by atoms with Crippen molar-refractivity contribution in [3.05, 3.63) is 52.6 Å². The third-order valence-electron chi connectivity index (χ3n) is 6.47. The molecule has 7 nitrogen and oxygen atoms in total. The predicted molar refractivity (Wildman–Crippen MR) is 110 cm³/mol. The summed E-state index contributed by atoms with van der Waals surface area (Å²) in [4.78, 5) is 21.6. The number of piperidine rings is 1. The van der Waals surface area contributed by atoms with Crippen molar-refractivity contribution in [2.75, 3.05) is 50.7 Å². The summed E-state index contributed by atoms with van der Waals surface area (Å²) in [6, 6.07) is 10.6. The van der Waals surface area contributed by atoms with Gasteiger partial charge in [0.25, 0.3) is 0 Å². The van der Waals surface area contributed by atoms with E-state index in [-0.39, 0.29) is 5.69 Å². The fraction of sp³-hybridized carbons (Fsp3) is 0.524. The lowest BCUT2D eigenvalue weighted by Gasteiger charge is -2.28. The van der Waals surface area contributed by atoms with Crippen LogP contribution >= 0.6 is 0 Å². The molecule has 148 valence electrons. The van der Waals surface area contributed by atoms with E-state index < -0.39 is 0 Å². The Bertz CT molecular complexity index is 894. The molecule has 2 atom stereocenters. The number of fused-ring (bicyclic) bond motifs is 1. The molecule has 0 bridgehead atoms. The summed E-state index contributed by atoms with van der Waals surface area (Å²) in [6.07, 6.45) is 2.84. The fourth-order valence-corrected chi connectivity index (χ4v) is 4.65. The van der Waals surface area contributed by atoms with E-state index in [2.05, 4.69) is 32.2 Å². The average molecular weight is 380 g/mol. The molecule has 2 saturated heterocycles. The Morgan fingerprint density at radius 1 is 1.14 bits per heavy atom. The van der Waals surface area contributed by atoms with Crippen LogP contribution in [-0.2, 0) is 6.42 Å². The highest BCUT2D eigenvalue weighted by Gasteiger charge is 2.53. The van der Waals surface area contributed by atoms with Crippen LogP contribution in [0.4, 0.5) is 5.82 Å². The first-order valence-corrected chi connectivity index (χ1v) is 10.3. The molecule has 2 unspecified atom stereocenters. The van der Waals surface area contributed by atoms with Gasteiger partial charge in [0.05, 0.1) is 5.69 Å². The van der Waals surface area contributed by atoms with Crippen molar-refractivity contribution in [3.63, 3.8) is 0 Å². The van der Waals surface area contributed by atoms with E-state index in [0.717, 1.165) is 75.6 Å². The van der Waals surface area contributed by atoms with Crippen molar-refractivity contribution in [2.24, 2.45) is 17.6 Å². The highest BCUT2D eigenvalue weighted by atomic mass is 16.1. The second-order valence-corrected chi connectivity index (χ2v) is 8.26. The molecule has 2 aromatic rings. The van der Waals surface area contributed by atoms with Crippen LogP contribution in [0.25, 0.3) is 5.69 Å². The van der Waals surface area contributed by atoms with Crippen molar-refractivity contribution in [1.82, 2.24) is 19.8 Å². The zero-order valence-electron chi connectivity index (χ0n) is 16.1. The maximum Gasteiger partial charge on any atom is 0.354 e. The number of nitrogens with two attached hydrogens (primary N) is 1. The number of anilines is 1. The minimum absolute atomic E-state index is 0.221. The quantitative estimate of drug-likeness (QED) is 0.765. The lowest BCUT2D eigenvalue weighted by atomic mass is 10.1. The van der Waals surface area contributed by atoms with E-state index in [0.29, 0.717) is 6.04 Å². The Hall–Kier alpha value is -2.22. The number of rotatable bonds is 5. The molecule has 3 N–H and O–H groups in total. The predicted octanol–water partition coefficient (Wildman–Crippen LogP) is 0.0735. The molecule has 28 heavy (non-hydrogen) atoms. The Labute approximate surface area is 165 Å². The number of aromatic nitrogens is 2. The molecule has 1 aliphatic carbocycles. The largest absolute Gasteiger partial charge is 0.354 e. The summed E-state index contributed by atoms with van der Waals surface area (Å²) in [5.74, 6) is 2.22. The molecule has 3 heterocycles. The second kappa shape index (κ2) is 7.31. The van der Waals surface area contributed by atoms with Crippen LogP contribution in [0.3, 0.4) is 0 Å². The van der Waals surface area contributed by atoms with Crippen molar-refractivity contribution < 1.29 is 0 Å². The topological polar surface area (TPSA) is 79.4 Å². The van der Waals surface area contributed by atoms with Crippen molar-refractivity contribution in [2.45, 2.75) is 12.5 Å². The maximum absolute atomic E-state index is 12.6. The summed E-state index contributed by atoms with van der Waals surface area (Å²) in [5, 5.41) is 3.32. The molecule has 1 aromatic heterocycles. The highest BCUT2D eigenvalue weighted by Crippen LogP contribution is 2.43. The number of benzene rings is 1. The minimum atomic E-state index is -0.221. The zero-order valence-corrected chi connectivity index (χ0v) is 16.1. The van der Waals surface area contributed by atoms with Gasteiger partial charge in [-0.3, -0.25) is 4.57 Å². The summed E-state index contributed by atoms with van der Waals surface area (Å²) in [7, 11) is 0. The summed E-state index contributed by atoms with van der Waals surface area (Å²) < 4.78 is 1.64. The molecular weight excluding hydrogens is 352 g/mol. The number of nitrogens with zero attached hydrogens (tertiary/aromatic N) is 4. The molecule has 3 aliphatic rings. The molecule has 0 radical (unpaired) electrons. The third kappa shape index (κ3) is 3.45. The summed E-state index contributed by atoms with van der Waals surface area (Å²) in [5.41, 5.74) is 7.94. The molecule has 1 saturated carbocycles. The number of hydrogen-bond acceptors (Lipinski definition) is 6. The molecule has 1 aromatic carbocycles. The molecule has 3 fully saturated rings. The van der Waals surface area contributed by atoms with Crippen LogP contribution in [0, 0.1) is 11.8 Å². The monoisotopic (exact) mass is 380 g/mol.